The number of benzene rings is 2. The van der Waals surface area contributed by atoms with Gasteiger partial charge in [0.25, 0.3) is 0 Å². The van der Waals surface area contributed by atoms with E-state index in [-0.39, 0.29) is 18.9 Å². The number of ether oxygens (including phenoxy) is 2. The summed E-state index contributed by atoms with van der Waals surface area (Å²) in [4.78, 5) is 38.9. The molecule has 36 heavy (non-hydrogen) atoms. The van der Waals surface area contributed by atoms with Crippen molar-refractivity contribution in [2.45, 2.75) is 69.6 Å². The average Bonchev–Trinajstić information content (AvgIpc) is 3.12. The quantitative estimate of drug-likeness (QED) is 0.533. The molecule has 2 unspecified atom stereocenters. The van der Waals surface area contributed by atoms with Crippen LogP contribution in [0.5, 0.6) is 0 Å². The molecule has 1 heterocycles. The van der Waals surface area contributed by atoms with Crippen LogP contribution in [0, 0.1) is 0 Å². The molecular formula is C28H34N2O6. The SMILES string of the molecule is CC(C)(C)OC(=O)C1(NC(=O)OCC2c3ccccc3-c3ccccc32)CCCCCNC1C(=O)O. The van der Waals surface area contributed by atoms with Crippen molar-refractivity contribution < 1.29 is 29.0 Å². The summed E-state index contributed by atoms with van der Waals surface area (Å²) in [7, 11) is 0. The zero-order valence-corrected chi connectivity index (χ0v) is 21.0. The number of carbonyl (C=O) groups excluding carboxylic acids is 2. The van der Waals surface area contributed by atoms with Crippen molar-refractivity contribution in [3.63, 3.8) is 0 Å². The first-order chi connectivity index (χ1) is 17.1. The number of esters is 1. The normalized spacial score (nSPS) is 21.9. The highest BCUT2D eigenvalue weighted by Crippen LogP contribution is 2.44. The van der Waals surface area contributed by atoms with E-state index < -0.39 is 35.2 Å². The molecule has 0 saturated carbocycles. The number of carboxylic acids is 1. The Kier molecular flexibility index (Phi) is 7.36. The highest BCUT2D eigenvalue weighted by Gasteiger charge is 2.53. The predicted molar refractivity (Wildman–Crippen MR) is 135 cm³/mol. The topological polar surface area (TPSA) is 114 Å². The molecule has 2 atom stereocenters. The van der Waals surface area contributed by atoms with Crippen molar-refractivity contribution in [2.24, 2.45) is 0 Å². The van der Waals surface area contributed by atoms with Crippen LogP contribution in [0.25, 0.3) is 11.1 Å². The Bertz CT molecular complexity index is 1100. The van der Waals surface area contributed by atoms with Gasteiger partial charge in [-0.05, 0) is 62.4 Å². The summed E-state index contributed by atoms with van der Waals surface area (Å²) in [5, 5.41) is 15.6. The van der Waals surface area contributed by atoms with E-state index in [9.17, 15) is 19.5 Å². The minimum atomic E-state index is -1.80. The highest BCUT2D eigenvalue weighted by atomic mass is 16.6. The summed E-state index contributed by atoms with van der Waals surface area (Å²) in [6, 6.07) is 14.6. The van der Waals surface area contributed by atoms with Gasteiger partial charge in [0.1, 0.15) is 18.2 Å². The molecule has 3 N–H and O–H groups in total. The number of carboxylic acid groups (broad SMARTS) is 1. The fourth-order valence-electron chi connectivity index (χ4n) is 5.16. The Hall–Kier alpha value is -3.39. The van der Waals surface area contributed by atoms with Crippen LogP contribution in [0.3, 0.4) is 0 Å². The van der Waals surface area contributed by atoms with E-state index in [1.54, 1.807) is 20.8 Å². The molecule has 1 fully saturated rings. The lowest BCUT2D eigenvalue weighted by atomic mass is 9.82. The number of hydrogen-bond acceptors (Lipinski definition) is 6. The third-order valence-corrected chi connectivity index (χ3v) is 6.77. The summed E-state index contributed by atoms with van der Waals surface area (Å²) in [6.45, 7) is 5.58. The second-order valence-corrected chi connectivity index (χ2v) is 10.5. The number of rotatable bonds is 5. The molecule has 0 aromatic heterocycles. The first-order valence-corrected chi connectivity index (χ1v) is 12.5. The van der Waals surface area contributed by atoms with Crippen molar-refractivity contribution >= 4 is 18.0 Å². The third kappa shape index (κ3) is 5.23. The number of hydrogen-bond donors (Lipinski definition) is 3. The highest BCUT2D eigenvalue weighted by molar-refractivity contribution is 5.93. The molecule has 1 saturated heterocycles. The van der Waals surface area contributed by atoms with Gasteiger partial charge < -0.3 is 25.2 Å². The van der Waals surface area contributed by atoms with Crippen LogP contribution in [0.4, 0.5) is 4.79 Å². The van der Waals surface area contributed by atoms with Crippen LogP contribution in [0.2, 0.25) is 0 Å². The van der Waals surface area contributed by atoms with Gasteiger partial charge in [0.2, 0.25) is 0 Å². The maximum atomic E-state index is 13.4. The summed E-state index contributed by atoms with van der Waals surface area (Å²) < 4.78 is 11.3. The molecule has 192 valence electrons. The zero-order valence-electron chi connectivity index (χ0n) is 21.0. The first-order valence-electron chi connectivity index (χ1n) is 12.5. The molecule has 8 nitrogen and oxygen atoms in total. The molecule has 0 bridgehead atoms. The zero-order chi connectivity index (χ0) is 25.9. The lowest BCUT2D eigenvalue weighted by molar-refractivity contribution is -0.169. The minimum Gasteiger partial charge on any atom is -0.480 e. The Balaban J connectivity index is 1.58. The van der Waals surface area contributed by atoms with Gasteiger partial charge in [-0.25, -0.2) is 9.59 Å². The van der Waals surface area contributed by atoms with E-state index in [0.29, 0.717) is 13.0 Å². The number of alkyl carbamates (subject to hydrolysis) is 1. The van der Waals surface area contributed by atoms with E-state index >= 15 is 0 Å². The maximum absolute atomic E-state index is 13.4. The summed E-state index contributed by atoms with van der Waals surface area (Å²) in [6.07, 6.45) is 1.40. The van der Waals surface area contributed by atoms with Crippen molar-refractivity contribution in [3.8, 4) is 11.1 Å². The smallest absolute Gasteiger partial charge is 0.408 e. The largest absolute Gasteiger partial charge is 0.480 e. The molecule has 1 amide bonds. The second kappa shape index (κ2) is 10.3. The number of carbonyl (C=O) groups is 3. The Morgan fingerprint density at radius 2 is 1.61 bits per heavy atom. The van der Waals surface area contributed by atoms with E-state index in [1.807, 2.05) is 48.5 Å². The van der Waals surface area contributed by atoms with Crippen LogP contribution in [-0.2, 0) is 19.1 Å². The fourth-order valence-corrected chi connectivity index (χ4v) is 5.16. The minimum absolute atomic E-state index is 0.0510. The van der Waals surface area contributed by atoms with Gasteiger partial charge in [-0.3, -0.25) is 4.79 Å². The Labute approximate surface area is 211 Å². The third-order valence-electron chi connectivity index (χ3n) is 6.77. The number of aliphatic carboxylic acids is 1. The van der Waals surface area contributed by atoms with Crippen LogP contribution in [-0.4, -0.2) is 53.5 Å². The van der Waals surface area contributed by atoms with E-state index in [0.717, 1.165) is 35.1 Å². The van der Waals surface area contributed by atoms with Crippen molar-refractivity contribution in [2.75, 3.05) is 13.2 Å². The van der Waals surface area contributed by atoms with Gasteiger partial charge in [0, 0.05) is 5.92 Å². The standard InChI is InChI=1S/C28H34N2O6/c1-27(2,3)36-25(33)28(15-9-4-10-16-29-23(28)24(31)32)30-26(34)35-17-22-20-13-7-5-11-18(20)19-12-6-8-14-21(19)22/h5-8,11-14,22-23,29H,4,9-10,15-17H2,1-3H3,(H,30,34)(H,31,32). The monoisotopic (exact) mass is 494 g/mol. The van der Waals surface area contributed by atoms with Crippen LogP contribution in [0.1, 0.15) is 63.5 Å². The van der Waals surface area contributed by atoms with Crippen LogP contribution < -0.4 is 10.6 Å². The molecule has 2 aromatic carbocycles. The molecule has 0 radical (unpaired) electrons. The summed E-state index contributed by atoms with van der Waals surface area (Å²) in [5.74, 6) is -2.18. The number of amides is 1. The Morgan fingerprint density at radius 3 is 2.19 bits per heavy atom. The number of fused-ring (bicyclic) bond motifs is 3. The lowest BCUT2D eigenvalue weighted by Crippen LogP contribution is -2.70. The Morgan fingerprint density at radius 1 is 1.00 bits per heavy atom. The van der Waals surface area contributed by atoms with Crippen molar-refractivity contribution in [3.05, 3.63) is 59.7 Å². The molecule has 0 spiro atoms. The first kappa shape index (κ1) is 25.7. The van der Waals surface area contributed by atoms with Crippen molar-refractivity contribution in [1.29, 1.82) is 0 Å². The molecule has 4 rings (SSSR count). The van der Waals surface area contributed by atoms with Crippen molar-refractivity contribution in [1.82, 2.24) is 10.6 Å². The fraction of sp³-hybridized carbons (Fsp3) is 0.464. The predicted octanol–water partition coefficient (Wildman–Crippen LogP) is 4.22. The van der Waals surface area contributed by atoms with Gasteiger partial charge in [0.05, 0.1) is 0 Å². The lowest BCUT2D eigenvalue weighted by Gasteiger charge is -2.40. The van der Waals surface area contributed by atoms with E-state index in [1.165, 1.54) is 0 Å². The maximum Gasteiger partial charge on any atom is 0.408 e. The molecule has 1 aliphatic heterocycles. The van der Waals surface area contributed by atoms with Gasteiger partial charge in [0.15, 0.2) is 5.54 Å². The van der Waals surface area contributed by atoms with Gasteiger partial charge in [-0.1, -0.05) is 61.4 Å². The second-order valence-electron chi connectivity index (χ2n) is 10.5. The molecule has 2 aromatic rings. The average molecular weight is 495 g/mol. The summed E-state index contributed by atoms with van der Waals surface area (Å²) >= 11 is 0. The van der Waals surface area contributed by atoms with E-state index in [4.69, 9.17) is 9.47 Å². The molecule has 1 aliphatic carbocycles. The molecule has 8 heteroatoms. The number of nitrogens with one attached hydrogen (secondary N) is 2. The van der Waals surface area contributed by atoms with Gasteiger partial charge in [-0.2, -0.15) is 0 Å². The van der Waals surface area contributed by atoms with Gasteiger partial charge >= 0.3 is 18.0 Å². The molecular weight excluding hydrogens is 460 g/mol. The molecule has 2 aliphatic rings. The van der Waals surface area contributed by atoms with E-state index in [2.05, 4.69) is 10.6 Å². The van der Waals surface area contributed by atoms with Gasteiger partial charge in [-0.15, -0.1) is 0 Å². The summed E-state index contributed by atoms with van der Waals surface area (Å²) in [5.41, 5.74) is 1.65. The van der Waals surface area contributed by atoms with Crippen LogP contribution >= 0.6 is 0 Å². The van der Waals surface area contributed by atoms with Crippen LogP contribution in [0.15, 0.2) is 48.5 Å².